The number of carbonyl (C=O) groups excluding carboxylic acids is 2. The summed E-state index contributed by atoms with van der Waals surface area (Å²) in [5.41, 5.74) is 0.158. The minimum absolute atomic E-state index is 0.0566. The highest BCUT2D eigenvalue weighted by Crippen LogP contribution is 2.38. The number of aliphatic hydroxyl groups excluding tert-OH is 1. The van der Waals surface area contributed by atoms with E-state index in [-0.39, 0.29) is 25.0 Å². The van der Waals surface area contributed by atoms with Crippen LogP contribution in [-0.2, 0) is 4.79 Å². The number of allylic oxidation sites excluding steroid dienone is 1. The first kappa shape index (κ1) is 21.2. The van der Waals surface area contributed by atoms with Gasteiger partial charge in [0, 0.05) is 0 Å². The molecule has 29 heavy (non-hydrogen) atoms. The number of methoxy groups -OCH3 is 1. The van der Waals surface area contributed by atoms with E-state index in [1.807, 2.05) is 38.1 Å². The van der Waals surface area contributed by atoms with Crippen molar-refractivity contribution in [3.05, 3.63) is 29.8 Å². The van der Waals surface area contributed by atoms with E-state index in [4.69, 9.17) is 9.47 Å². The van der Waals surface area contributed by atoms with Crippen molar-refractivity contribution in [1.82, 2.24) is 10.2 Å². The second kappa shape index (κ2) is 8.86. The molecule has 0 bridgehead atoms. The summed E-state index contributed by atoms with van der Waals surface area (Å²) in [5.74, 6) is 0.903. The molecule has 158 valence electrons. The Labute approximate surface area is 171 Å². The Morgan fingerprint density at radius 1 is 1.34 bits per heavy atom. The van der Waals surface area contributed by atoms with Crippen LogP contribution in [0.5, 0.6) is 11.5 Å². The monoisotopic (exact) mass is 402 g/mol. The minimum atomic E-state index is -1.00. The fourth-order valence-electron chi connectivity index (χ4n) is 4.21. The normalized spacial score (nSPS) is 25.5. The zero-order valence-electron chi connectivity index (χ0n) is 17.3. The Morgan fingerprint density at radius 3 is 2.83 bits per heavy atom. The summed E-state index contributed by atoms with van der Waals surface area (Å²) in [6, 6.07) is 5.06. The average Bonchev–Trinajstić information content (AvgIpc) is 2.94. The van der Waals surface area contributed by atoms with Gasteiger partial charge in [0.2, 0.25) is 0 Å². The van der Waals surface area contributed by atoms with E-state index in [0.717, 1.165) is 29.7 Å². The number of nitrogens with zero attached hydrogens (tertiary/aromatic N) is 1. The van der Waals surface area contributed by atoms with E-state index in [0.29, 0.717) is 17.9 Å². The van der Waals surface area contributed by atoms with Crippen LogP contribution in [0.3, 0.4) is 0 Å². The number of imide groups is 1. The smallest absolute Gasteiger partial charge is 0.325 e. The summed E-state index contributed by atoms with van der Waals surface area (Å²) < 4.78 is 11.0. The van der Waals surface area contributed by atoms with E-state index in [9.17, 15) is 14.7 Å². The van der Waals surface area contributed by atoms with Crippen LogP contribution in [0.2, 0.25) is 0 Å². The van der Waals surface area contributed by atoms with Crippen molar-refractivity contribution in [1.29, 1.82) is 0 Å². The third-order valence-electron chi connectivity index (χ3n) is 5.87. The highest BCUT2D eigenvalue weighted by molar-refractivity contribution is 6.07. The Morgan fingerprint density at radius 2 is 2.14 bits per heavy atom. The predicted molar refractivity (Wildman–Crippen MR) is 110 cm³/mol. The summed E-state index contributed by atoms with van der Waals surface area (Å²) in [6.45, 7) is 3.78. The van der Waals surface area contributed by atoms with Crippen molar-refractivity contribution in [2.45, 2.75) is 51.2 Å². The molecular formula is C22H30N2O5. The molecule has 7 heteroatoms. The summed E-state index contributed by atoms with van der Waals surface area (Å²) in [7, 11) is 1.55. The van der Waals surface area contributed by atoms with E-state index in [1.165, 1.54) is 0 Å². The second-order valence-corrected chi connectivity index (χ2v) is 7.84. The summed E-state index contributed by atoms with van der Waals surface area (Å²) in [4.78, 5) is 26.5. The highest BCUT2D eigenvalue weighted by atomic mass is 16.5. The number of urea groups is 1. The van der Waals surface area contributed by atoms with Crippen molar-refractivity contribution >= 4 is 18.0 Å². The first-order valence-electron chi connectivity index (χ1n) is 10.2. The molecule has 3 amide bonds. The lowest BCUT2D eigenvalue weighted by molar-refractivity contribution is -0.135. The highest BCUT2D eigenvalue weighted by Gasteiger charge is 2.55. The molecule has 1 aromatic carbocycles. The van der Waals surface area contributed by atoms with E-state index in [1.54, 1.807) is 13.2 Å². The van der Waals surface area contributed by atoms with Crippen molar-refractivity contribution < 1.29 is 24.2 Å². The molecule has 0 radical (unpaired) electrons. The average molecular weight is 402 g/mol. The maximum Gasteiger partial charge on any atom is 0.325 e. The lowest BCUT2D eigenvalue weighted by atomic mass is 9.73. The van der Waals surface area contributed by atoms with Gasteiger partial charge in [-0.15, -0.1) is 0 Å². The van der Waals surface area contributed by atoms with Gasteiger partial charge in [-0.25, -0.2) is 4.79 Å². The number of benzene rings is 1. The lowest BCUT2D eigenvalue weighted by Gasteiger charge is -2.36. The Kier molecular flexibility index (Phi) is 6.47. The molecule has 1 aliphatic carbocycles. The van der Waals surface area contributed by atoms with Gasteiger partial charge in [0.05, 0.1) is 13.7 Å². The molecule has 7 nitrogen and oxygen atoms in total. The standard InChI is InChI=1S/C22H30N2O5/c1-4-7-16-9-10-18(19(12-16)28-3)29-14-17(25)13-24-20(26)22(23-21(24)27)11-6-5-8-15(22)2/h4,7,9-10,12,15,17,25H,5-6,8,11,13-14H2,1-3H3,(H,23,27). The van der Waals surface area contributed by atoms with Gasteiger partial charge in [0.15, 0.2) is 11.5 Å². The van der Waals surface area contributed by atoms with E-state index < -0.39 is 17.7 Å². The molecule has 1 saturated carbocycles. The van der Waals surface area contributed by atoms with Gasteiger partial charge in [-0.2, -0.15) is 0 Å². The van der Waals surface area contributed by atoms with Crippen LogP contribution < -0.4 is 14.8 Å². The fourth-order valence-corrected chi connectivity index (χ4v) is 4.21. The van der Waals surface area contributed by atoms with Crippen LogP contribution >= 0.6 is 0 Å². The van der Waals surface area contributed by atoms with Gasteiger partial charge in [-0.3, -0.25) is 9.69 Å². The molecule has 1 aromatic rings. The summed E-state index contributed by atoms with van der Waals surface area (Å²) in [6.07, 6.45) is 6.42. The molecule has 0 aromatic heterocycles. The van der Waals surface area contributed by atoms with Crippen molar-refractivity contribution in [3.63, 3.8) is 0 Å². The van der Waals surface area contributed by atoms with Gasteiger partial charge in [-0.05, 0) is 43.4 Å². The maximum atomic E-state index is 13.0. The summed E-state index contributed by atoms with van der Waals surface area (Å²) in [5, 5.41) is 13.3. The van der Waals surface area contributed by atoms with Crippen molar-refractivity contribution in [2.24, 2.45) is 5.92 Å². The molecule has 3 unspecified atom stereocenters. The SMILES string of the molecule is CC=Cc1ccc(OCC(O)CN2C(=O)NC3(CCCCC3C)C2=O)c(OC)c1. The number of nitrogens with one attached hydrogen (secondary N) is 1. The van der Waals surface area contributed by atoms with E-state index >= 15 is 0 Å². The molecule has 2 N–H and O–H groups in total. The number of aliphatic hydroxyl groups is 1. The molecule has 3 atom stereocenters. The molecular weight excluding hydrogens is 372 g/mol. The van der Waals surface area contributed by atoms with Crippen LogP contribution in [0.1, 0.15) is 45.1 Å². The molecule has 2 aliphatic rings. The number of amides is 3. The summed E-state index contributed by atoms with van der Waals surface area (Å²) >= 11 is 0. The molecule has 1 spiro atoms. The molecule has 1 heterocycles. The third-order valence-corrected chi connectivity index (χ3v) is 5.87. The topological polar surface area (TPSA) is 88.1 Å². The van der Waals surface area contributed by atoms with Crippen LogP contribution in [-0.4, -0.2) is 53.8 Å². The zero-order valence-corrected chi connectivity index (χ0v) is 17.3. The Bertz CT molecular complexity index is 793. The minimum Gasteiger partial charge on any atom is -0.493 e. The van der Waals surface area contributed by atoms with Gasteiger partial charge < -0.3 is 19.9 Å². The number of rotatable bonds is 7. The quantitative estimate of drug-likeness (QED) is 0.685. The zero-order chi connectivity index (χ0) is 21.0. The van der Waals surface area contributed by atoms with Crippen LogP contribution in [0.4, 0.5) is 4.79 Å². The van der Waals surface area contributed by atoms with Crippen LogP contribution in [0.25, 0.3) is 6.08 Å². The lowest BCUT2D eigenvalue weighted by Crippen LogP contribution is -2.54. The van der Waals surface area contributed by atoms with Crippen molar-refractivity contribution in [2.75, 3.05) is 20.3 Å². The van der Waals surface area contributed by atoms with Gasteiger partial charge in [-0.1, -0.05) is 38.0 Å². The predicted octanol–water partition coefficient (Wildman–Crippen LogP) is 2.97. The number of hydrogen-bond acceptors (Lipinski definition) is 5. The number of carbonyl (C=O) groups is 2. The Hall–Kier alpha value is -2.54. The molecule has 2 fully saturated rings. The van der Waals surface area contributed by atoms with Gasteiger partial charge in [0.25, 0.3) is 5.91 Å². The third kappa shape index (κ3) is 4.24. The van der Waals surface area contributed by atoms with E-state index in [2.05, 4.69) is 5.32 Å². The van der Waals surface area contributed by atoms with Gasteiger partial charge >= 0.3 is 6.03 Å². The second-order valence-electron chi connectivity index (χ2n) is 7.84. The number of β-amino-alcohol motifs (C(OH)–C–C–N with tert-alkyl or cyclic N) is 1. The molecule has 3 rings (SSSR count). The van der Waals surface area contributed by atoms with Crippen molar-refractivity contribution in [3.8, 4) is 11.5 Å². The van der Waals surface area contributed by atoms with Crippen LogP contribution in [0.15, 0.2) is 24.3 Å². The fraction of sp³-hybridized carbons (Fsp3) is 0.545. The molecule has 1 saturated heterocycles. The first-order valence-corrected chi connectivity index (χ1v) is 10.2. The first-order chi connectivity index (χ1) is 13.9. The molecule has 1 aliphatic heterocycles. The van der Waals surface area contributed by atoms with Gasteiger partial charge in [0.1, 0.15) is 18.2 Å². The number of ether oxygens (including phenoxy) is 2. The van der Waals surface area contributed by atoms with Crippen LogP contribution in [0, 0.1) is 5.92 Å². The largest absolute Gasteiger partial charge is 0.493 e. The Balaban J connectivity index is 1.62. The maximum absolute atomic E-state index is 13.0. The number of hydrogen-bond donors (Lipinski definition) is 2.